The summed E-state index contributed by atoms with van der Waals surface area (Å²) in [5, 5.41) is 0. The first-order valence-corrected chi connectivity index (χ1v) is 4.82. The molecule has 0 aliphatic rings. The molecule has 4 heteroatoms. The molecule has 0 radical (unpaired) electrons. The van der Waals surface area contributed by atoms with Crippen LogP contribution in [-0.2, 0) is 6.54 Å². The lowest BCUT2D eigenvalue weighted by Gasteiger charge is -1.98. The molecule has 2 heterocycles. The zero-order chi connectivity index (χ0) is 9.10. The number of nitrogens with two attached hydrogens (primary N) is 1. The minimum atomic E-state index is 0.544. The van der Waals surface area contributed by atoms with E-state index < -0.39 is 0 Å². The van der Waals surface area contributed by atoms with Gasteiger partial charge in [0.1, 0.15) is 0 Å². The molecule has 0 atom stereocenters. The molecule has 0 saturated heterocycles. The monoisotopic (exact) mass is 191 g/mol. The van der Waals surface area contributed by atoms with E-state index in [4.69, 9.17) is 5.73 Å². The van der Waals surface area contributed by atoms with E-state index in [0.29, 0.717) is 6.54 Å². The molecule has 2 aromatic heterocycles. The number of pyridine rings is 1. The van der Waals surface area contributed by atoms with E-state index >= 15 is 0 Å². The highest BCUT2D eigenvalue weighted by atomic mass is 32.1. The second kappa shape index (κ2) is 3.64. The predicted molar refractivity (Wildman–Crippen MR) is 53.2 cm³/mol. The molecule has 0 amide bonds. The minimum absolute atomic E-state index is 0.544. The lowest BCUT2D eigenvalue weighted by Crippen LogP contribution is -1.95. The van der Waals surface area contributed by atoms with E-state index in [1.807, 2.05) is 17.6 Å². The van der Waals surface area contributed by atoms with Crippen molar-refractivity contribution in [2.45, 2.75) is 6.54 Å². The van der Waals surface area contributed by atoms with Crippen molar-refractivity contribution in [3.63, 3.8) is 0 Å². The van der Waals surface area contributed by atoms with Gasteiger partial charge in [-0.15, -0.1) is 11.3 Å². The molecule has 0 fully saturated rings. The van der Waals surface area contributed by atoms with Crippen LogP contribution in [0.1, 0.15) is 4.88 Å². The summed E-state index contributed by atoms with van der Waals surface area (Å²) in [5.41, 5.74) is 9.47. The smallest absolute Gasteiger partial charge is 0.0857 e. The molecule has 2 aromatic rings. The molecule has 0 aliphatic heterocycles. The zero-order valence-electron chi connectivity index (χ0n) is 6.97. The molecule has 2 rings (SSSR count). The Morgan fingerprint density at radius 1 is 1.31 bits per heavy atom. The van der Waals surface area contributed by atoms with Crippen molar-refractivity contribution in [1.82, 2.24) is 9.97 Å². The summed E-state index contributed by atoms with van der Waals surface area (Å²) in [5.74, 6) is 0. The summed E-state index contributed by atoms with van der Waals surface area (Å²) in [6, 6.07) is 3.88. The molecule has 2 N–H and O–H groups in total. The molecule has 0 saturated carbocycles. The number of aromatic nitrogens is 2. The Morgan fingerprint density at radius 3 is 2.77 bits per heavy atom. The minimum Gasteiger partial charge on any atom is -0.326 e. The Kier molecular flexibility index (Phi) is 2.33. The van der Waals surface area contributed by atoms with Crippen molar-refractivity contribution in [1.29, 1.82) is 0 Å². The fourth-order valence-electron chi connectivity index (χ4n) is 1.16. The predicted octanol–water partition coefficient (Wildman–Crippen LogP) is 1.66. The summed E-state index contributed by atoms with van der Waals surface area (Å²) in [6.07, 6.45) is 3.52. The van der Waals surface area contributed by atoms with E-state index in [2.05, 4.69) is 9.97 Å². The van der Waals surface area contributed by atoms with Crippen LogP contribution in [0.15, 0.2) is 30.0 Å². The highest BCUT2D eigenvalue weighted by molar-refractivity contribution is 7.10. The third-order valence-electron chi connectivity index (χ3n) is 1.78. The first-order valence-electron chi connectivity index (χ1n) is 3.94. The van der Waals surface area contributed by atoms with Gasteiger partial charge in [0.2, 0.25) is 0 Å². The third kappa shape index (κ3) is 1.59. The van der Waals surface area contributed by atoms with Crippen LogP contribution < -0.4 is 5.73 Å². The van der Waals surface area contributed by atoms with Crippen LogP contribution in [0.2, 0.25) is 0 Å². The van der Waals surface area contributed by atoms with E-state index in [9.17, 15) is 0 Å². The normalized spacial score (nSPS) is 10.2. The molecule has 66 valence electrons. The fourth-order valence-corrected chi connectivity index (χ4v) is 1.82. The number of rotatable bonds is 2. The lowest BCUT2D eigenvalue weighted by molar-refractivity contribution is 1.10. The molecule has 0 bridgehead atoms. The van der Waals surface area contributed by atoms with Crippen molar-refractivity contribution in [2.75, 3.05) is 0 Å². The molecular weight excluding hydrogens is 182 g/mol. The second-order valence-corrected chi connectivity index (χ2v) is 3.50. The number of nitrogens with zero attached hydrogens (tertiary/aromatic N) is 2. The summed E-state index contributed by atoms with van der Waals surface area (Å²) < 4.78 is 0. The van der Waals surface area contributed by atoms with Crippen molar-refractivity contribution in [3.05, 3.63) is 34.9 Å². The summed E-state index contributed by atoms with van der Waals surface area (Å²) in [7, 11) is 0. The van der Waals surface area contributed by atoms with Gasteiger partial charge in [-0.1, -0.05) is 0 Å². The zero-order valence-corrected chi connectivity index (χ0v) is 7.79. The van der Waals surface area contributed by atoms with Crippen LogP contribution in [0.5, 0.6) is 0 Å². The second-order valence-electron chi connectivity index (χ2n) is 2.56. The van der Waals surface area contributed by atoms with Crippen LogP contribution in [0, 0.1) is 0 Å². The Bertz CT molecular complexity index is 383. The first-order chi connectivity index (χ1) is 6.42. The van der Waals surface area contributed by atoms with Gasteiger partial charge in [0.05, 0.1) is 11.2 Å². The van der Waals surface area contributed by atoms with E-state index in [0.717, 1.165) is 16.1 Å². The van der Waals surface area contributed by atoms with Gasteiger partial charge in [0.25, 0.3) is 0 Å². The summed E-state index contributed by atoms with van der Waals surface area (Å²) >= 11 is 1.59. The van der Waals surface area contributed by atoms with Crippen LogP contribution in [0.4, 0.5) is 0 Å². The molecule has 13 heavy (non-hydrogen) atoms. The SMILES string of the molecule is NCc1scnc1-c1ccncc1. The number of hydrogen-bond acceptors (Lipinski definition) is 4. The quantitative estimate of drug-likeness (QED) is 0.785. The van der Waals surface area contributed by atoms with Gasteiger partial charge in [0.15, 0.2) is 0 Å². The van der Waals surface area contributed by atoms with Crippen molar-refractivity contribution < 1.29 is 0 Å². The highest BCUT2D eigenvalue weighted by Crippen LogP contribution is 2.23. The molecule has 0 aromatic carbocycles. The standard InChI is InChI=1S/C9H9N3S/c10-5-8-9(12-6-13-8)7-1-3-11-4-2-7/h1-4,6H,5,10H2. The maximum absolute atomic E-state index is 5.59. The van der Waals surface area contributed by atoms with Crippen LogP contribution in [0.3, 0.4) is 0 Å². The Hall–Kier alpha value is -1.26. The maximum Gasteiger partial charge on any atom is 0.0857 e. The van der Waals surface area contributed by atoms with Crippen molar-refractivity contribution in [2.24, 2.45) is 5.73 Å². The topological polar surface area (TPSA) is 51.8 Å². The van der Waals surface area contributed by atoms with Crippen molar-refractivity contribution >= 4 is 11.3 Å². The summed E-state index contributed by atoms with van der Waals surface area (Å²) in [6.45, 7) is 0.544. The van der Waals surface area contributed by atoms with E-state index in [1.165, 1.54) is 0 Å². The lowest BCUT2D eigenvalue weighted by atomic mass is 10.2. The molecule has 0 unspecified atom stereocenters. The Labute approximate surface area is 80.3 Å². The third-order valence-corrected chi connectivity index (χ3v) is 2.64. The maximum atomic E-state index is 5.59. The van der Waals surface area contributed by atoms with Gasteiger partial charge in [-0.05, 0) is 12.1 Å². The summed E-state index contributed by atoms with van der Waals surface area (Å²) in [4.78, 5) is 9.34. The Morgan fingerprint density at radius 2 is 2.08 bits per heavy atom. The van der Waals surface area contributed by atoms with Crippen LogP contribution >= 0.6 is 11.3 Å². The first kappa shape index (κ1) is 8.34. The van der Waals surface area contributed by atoms with E-state index in [-0.39, 0.29) is 0 Å². The van der Waals surface area contributed by atoms with Crippen LogP contribution in [0.25, 0.3) is 11.3 Å². The largest absolute Gasteiger partial charge is 0.326 e. The van der Waals surface area contributed by atoms with Crippen LogP contribution in [-0.4, -0.2) is 9.97 Å². The molecular formula is C9H9N3S. The number of thiazole rings is 1. The Balaban J connectivity index is 2.47. The molecule has 3 nitrogen and oxygen atoms in total. The van der Waals surface area contributed by atoms with Gasteiger partial charge in [-0.25, -0.2) is 4.98 Å². The number of hydrogen-bond donors (Lipinski definition) is 1. The van der Waals surface area contributed by atoms with Gasteiger partial charge in [0, 0.05) is 29.4 Å². The van der Waals surface area contributed by atoms with Gasteiger partial charge < -0.3 is 5.73 Å². The fraction of sp³-hybridized carbons (Fsp3) is 0.111. The highest BCUT2D eigenvalue weighted by Gasteiger charge is 2.05. The molecule has 0 aliphatic carbocycles. The van der Waals surface area contributed by atoms with Gasteiger partial charge in [-0.2, -0.15) is 0 Å². The van der Waals surface area contributed by atoms with Gasteiger partial charge >= 0.3 is 0 Å². The average molecular weight is 191 g/mol. The average Bonchev–Trinajstić information content (AvgIpc) is 2.67. The molecule has 0 spiro atoms. The van der Waals surface area contributed by atoms with Crippen molar-refractivity contribution in [3.8, 4) is 11.3 Å². The van der Waals surface area contributed by atoms with Gasteiger partial charge in [-0.3, -0.25) is 4.98 Å². The van der Waals surface area contributed by atoms with E-state index in [1.54, 1.807) is 23.7 Å².